The number of halogens is 6. The van der Waals surface area contributed by atoms with Crippen LogP contribution in [0.5, 0.6) is 0 Å². The molecular weight excluding hydrogens is 390 g/mol. The van der Waals surface area contributed by atoms with Crippen LogP contribution in [0.3, 0.4) is 0 Å². The largest absolute Gasteiger partial charge is 0.416 e. The molecule has 1 aromatic rings. The maximum Gasteiger partial charge on any atom is 0.416 e. The van der Waals surface area contributed by atoms with Crippen LogP contribution in [0.15, 0.2) is 18.2 Å². The molecule has 2 aliphatic rings. The number of hydrogen-bond acceptors (Lipinski definition) is 0. The van der Waals surface area contributed by atoms with Crippen LogP contribution in [0.1, 0.15) is 93.7 Å². The van der Waals surface area contributed by atoms with Crippen LogP contribution in [-0.2, 0) is 12.4 Å². The minimum Gasteiger partial charge on any atom is -0.166 e. The molecule has 0 heterocycles. The van der Waals surface area contributed by atoms with E-state index >= 15 is 0 Å². The van der Waals surface area contributed by atoms with Gasteiger partial charge in [0, 0.05) is 0 Å². The van der Waals surface area contributed by atoms with Crippen molar-refractivity contribution in [1.29, 1.82) is 0 Å². The summed E-state index contributed by atoms with van der Waals surface area (Å²) >= 11 is 0. The van der Waals surface area contributed by atoms with Crippen LogP contribution in [-0.4, -0.2) is 0 Å². The predicted octanol–water partition coefficient (Wildman–Crippen LogP) is 8.60. The van der Waals surface area contributed by atoms with Crippen molar-refractivity contribution in [2.75, 3.05) is 0 Å². The Labute approximate surface area is 169 Å². The van der Waals surface area contributed by atoms with Gasteiger partial charge in [-0.3, -0.25) is 0 Å². The van der Waals surface area contributed by atoms with Gasteiger partial charge < -0.3 is 0 Å². The van der Waals surface area contributed by atoms with Gasteiger partial charge in [-0.25, -0.2) is 0 Å². The Morgan fingerprint density at radius 1 is 0.690 bits per heavy atom. The molecule has 0 atom stereocenters. The summed E-state index contributed by atoms with van der Waals surface area (Å²) in [7, 11) is 0. The molecular formula is C23H30F6. The van der Waals surface area contributed by atoms with Crippen molar-refractivity contribution >= 4 is 0 Å². The zero-order chi connectivity index (χ0) is 21.2. The molecule has 0 N–H and O–H groups in total. The van der Waals surface area contributed by atoms with Crippen LogP contribution >= 0.6 is 0 Å². The van der Waals surface area contributed by atoms with Gasteiger partial charge in [-0.2, -0.15) is 26.3 Å². The Kier molecular flexibility index (Phi) is 6.89. The summed E-state index contributed by atoms with van der Waals surface area (Å²) in [6.45, 7) is 2.21. The topological polar surface area (TPSA) is 0 Å². The van der Waals surface area contributed by atoms with Gasteiger partial charge in [0.15, 0.2) is 0 Å². The summed E-state index contributed by atoms with van der Waals surface area (Å²) in [6, 6.07) is 2.08. The van der Waals surface area contributed by atoms with Crippen molar-refractivity contribution in [3.05, 3.63) is 34.9 Å². The first-order valence-corrected chi connectivity index (χ1v) is 10.9. The average Bonchev–Trinajstić information content (AvgIpc) is 2.67. The maximum atomic E-state index is 13.1. The van der Waals surface area contributed by atoms with E-state index in [9.17, 15) is 26.3 Å². The average molecular weight is 420 g/mol. The number of rotatable bonds is 4. The second-order valence-corrected chi connectivity index (χ2v) is 9.02. The Bertz CT molecular complexity index is 627. The first kappa shape index (κ1) is 22.5. The standard InChI is InChI=1S/C23H30F6/c1-2-3-15-4-6-16(7-5-15)17-8-10-18(11-9-17)19-12-20(22(24,25)26)14-21(13-19)23(27,28)29/h12-18H,2-11H2,1H3. The zero-order valence-electron chi connectivity index (χ0n) is 16.9. The van der Waals surface area contributed by atoms with Crippen molar-refractivity contribution in [2.24, 2.45) is 17.8 Å². The number of benzene rings is 1. The Hall–Kier alpha value is -1.20. The van der Waals surface area contributed by atoms with Crippen molar-refractivity contribution < 1.29 is 26.3 Å². The molecule has 0 amide bonds. The van der Waals surface area contributed by atoms with Gasteiger partial charge in [0.25, 0.3) is 0 Å². The third-order valence-corrected chi connectivity index (χ3v) is 7.11. The van der Waals surface area contributed by atoms with Crippen molar-refractivity contribution in [3.63, 3.8) is 0 Å². The lowest BCUT2D eigenvalue weighted by atomic mass is 9.68. The van der Waals surface area contributed by atoms with Gasteiger partial charge in [0.1, 0.15) is 0 Å². The van der Waals surface area contributed by atoms with Crippen molar-refractivity contribution in [2.45, 2.75) is 89.4 Å². The highest BCUT2D eigenvalue weighted by molar-refractivity contribution is 5.35. The molecule has 0 nitrogen and oxygen atoms in total. The van der Waals surface area contributed by atoms with Crippen molar-refractivity contribution in [3.8, 4) is 0 Å². The second-order valence-electron chi connectivity index (χ2n) is 9.02. The molecule has 2 aliphatic carbocycles. The summed E-state index contributed by atoms with van der Waals surface area (Å²) in [6.07, 6.45) is 1.11. The lowest BCUT2D eigenvalue weighted by Crippen LogP contribution is -2.25. The highest BCUT2D eigenvalue weighted by atomic mass is 19.4. The maximum absolute atomic E-state index is 13.1. The normalized spacial score (nSPS) is 29.1. The molecule has 3 rings (SSSR count). The molecule has 0 bridgehead atoms. The third-order valence-electron chi connectivity index (χ3n) is 7.11. The Morgan fingerprint density at radius 3 is 1.55 bits per heavy atom. The molecule has 2 fully saturated rings. The molecule has 0 spiro atoms. The molecule has 29 heavy (non-hydrogen) atoms. The van der Waals surface area contributed by atoms with Gasteiger partial charge in [-0.1, -0.05) is 32.6 Å². The molecule has 0 saturated heterocycles. The van der Waals surface area contributed by atoms with Crippen molar-refractivity contribution in [1.82, 2.24) is 0 Å². The fourth-order valence-corrected chi connectivity index (χ4v) is 5.50. The summed E-state index contributed by atoms with van der Waals surface area (Å²) < 4.78 is 78.8. The lowest BCUT2D eigenvalue weighted by molar-refractivity contribution is -0.143. The first-order valence-electron chi connectivity index (χ1n) is 10.9. The predicted molar refractivity (Wildman–Crippen MR) is 102 cm³/mol. The van der Waals surface area contributed by atoms with Gasteiger partial charge in [0.05, 0.1) is 11.1 Å². The second kappa shape index (κ2) is 8.89. The number of alkyl halides is 6. The quantitative estimate of drug-likeness (QED) is 0.428. The van der Waals surface area contributed by atoms with E-state index in [2.05, 4.69) is 6.92 Å². The fourth-order valence-electron chi connectivity index (χ4n) is 5.50. The molecule has 164 valence electrons. The highest BCUT2D eigenvalue weighted by Crippen LogP contribution is 2.46. The van der Waals surface area contributed by atoms with E-state index in [1.54, 1.807) is 0 Å². The minimum atomic E-state index is -4.77. The molecule has 0 unspecified atom stereocenters. The third kappa shape index (κ3) is 5.69. The SMILES string of the molecule is CCCC1CCC(C2CCC(c3cc(C(F)(F)F)cc(C(F)(F)F)c3)CC2)CC1. The molecule has 0 aromatic heterocycles. The van der Waals surface area contributed by atoms with E-state index in [0.29, 0.717) is 24.7 Å². The fraction of sp³-hybridized carbons (Fsp3) is 0.739. The summed E-state index contributed by atoms with van der Waals surface area (Å²) in [5.74, 6) is 1.86. The van der Waals surface area contributed by atoms with Crippen LogP contribution < -0.4 is 0 Å². The first-order chi connectivity index (χ1) is 13.6. The molecule has 2 saturated carbocycles. The van der Waals surface area contributed by atoms with Crippen LogP contribution in [0.2, 0.25) is 0 Å². The lowest BCUT2D eigenvalue weighted by Gasteiger charge is -2.38. The van der Waals surface area contributed by atoms with Crippen LogP contribution in [0, 0.1) is 17.8 Å². The van der Waals surface area contributed by atoms with E-state index in [4.69, 9.17) is 0 Å². The van der Waals surface area contributed by atoms with E-state index in [0.717, 1.165) is 30.9 Å². The monoisotopic (exact) mass is 420 g/mol. The smallest absolute Gasteiger partial charge is 0.166 e. The Balaban J connectivity index is 1.66. The minimum absolute atomic E-state index is 0.192. The van der Waals surface area contributed by atoms with Gasteiger partial charge in [-0.05, 0) is 86.0 Å². The molecule has 0 aliphatic heterocycles. The van der Waals surface area contributed by atoms with Crippen LogP contribution in [0.25, 0.3) is 0 Å². The summed E-state index contributed by atoms with van der Waals surface area (Å²) in [5.41, 5.74) is -2.20. The molecule has 0 radical (unpaired) electrons. The van der Waals surface area contributed by atoms with Gasteiger partial charge >= 0.3 is 12.4 Å². The van der Waals surface area contributed by atoms with Crippen LogP contribution in [0.4, 0.5) is 26.3 Å². The highest BCUT2D eigenvalue weighted by Gasteiger charge is 2.38. The Morgan fingerprint density at radius 2 is 1.14 bits per heavy atom. The zero-order valence-corrected chi connectivity index (χ0v) is 16.9. The number of hydrogen-bond donors (Lipinski definition) is 0. The van der Waals surface area contributed by atoms with Gasteiger partial charge in [-0.15, -0.1) is 0 Å². The van der Waals surface area contributed by atoms with E-state index in [1.165, 1.54) is 38.5 Å². The van der Waals surface area contributed by atoms with E-state index < -0.39 is 23.5 Å². The summed E-state index contributed by atoms with van der Waals surface area (Å²) in [4.78, 5) is 0. The van der Waals surface area contributed by atoms with Gasteiger partial charge in [0.2, 0.25) is 0 Å². The molecule has 1 aromatic carbocycles. The van der Waals surface area contributed by atoms with E-state index in [1.807, 2.05) is 0 Å². The molecule has 6 heteroatoms. The van der Waals surface area contributed by atoms with E-state index in [-0.39, 0.29) is 17.5 Å². The summed E-state index contributed by atoms with van der Waals surface area (Å²) in [5, 5.41) is 0.